The van der Waals surface area contributed by atoms with E-state index in [4.69, 9.17) is 4.74 Å². The maximum Gasteiger partial charge on any atom is 0.453 e. The van der Waals surface area contributed by atoms with E-state index in [1.165, 1.54) is 11.6 Å². The van der Waals surface area contributed by atoms with Crippen molar-refractivity contribution in [3.8, 4) is 5.75 Å². The number of alkyl halides is 3. The van der Waals surface area contributed by atoms with Gasteiger partial charge in [-0.3, -0.25) is 4.90 Å². The van der Waals surface area contributed by atoms with Gasteiger partial charge >= 0.3 is 6.18 Å². The molecule has 0 spiro atoms. The van der Waals surface area contributed by atoms with Gasteiger partial charge in [-0.05, 0) is 48.6 Å². The van der Waals surface area contributed by atoms with E-state index in [0.29, 0.717) is 18.3 Å². The van der Waals surface area contributed by atoms with Crippen molar-refractivity contribution in [3.05, 3.63) is 47.8 Å². The number of hydrogen-bond acceptors (Lipinski definition) is 7. The highest BCUT2D eigenvalue weighted by Gasteiger charge is 2.38. The van der Waals surface area contributed by atoms with Gasteiger partial charge in [-0.25, -0.2) is 0 Å². The molecule has 34 heavy (non-hydrogen) atoms. The topological polar surface area (TPSA) is 70.8 Å². The first-order chi connectivity index (χ1) is 16.5. The molecule has 0 saturated carbocycles. The van der Waals surface area contributed by atoms with Crippen molar-refractivity contribution in [1.82, 2.24) is 30.0 Å². The lowest BCUT2D eigenvalue weighted by Crippen LogP contribution is -2.44. The van der Waals surface area contributed by atoms with Crippen LogP contribution in [0.5, 0.6) is 5.75 Å². The minimum Gasteiger partial charge on any atom is -0.492 e. The van der Waals surface area contributed by atoms with Gasteiger partial charge in [-0.2, -0.15) is 17.7 Å². The molecule has 0 unspecified atom stereocenters. The Kier molecular flexibility index (Phi) is 6.55. The van der Waals surface area contributed by atoms with Crippen LogP contribution in [0, 0.1) is 0 Å². The number of halogens is 3. The van der Waals surface area contributed by atoms with Crippen LogP contribution in [0.4, 0.5) is 19.0 Å². The molecule has 1 N–H and O–H groups in total. The lowest BCUT2D eigenvalue weighted by Gasteiger charge is -2.33. The summed E-state index contributed by atoms with van der Waals surface area (Å²) in [6.45, 7) is 7.24. The van der Waals surface area contributed by atoms with Crippen LogP contribution in [-0.4, -0.2) is 77.1 Å². The van der Waals surface area contributed by atoms with Crippen LogP contribution in [0.15, 0.2) is 36.4 Å². The van der Waals surface area contributed by atoms with Gasteiger partial charge in [-0.15, -0.1) is 15.3 Å². The van der Waals surface area contributed by atoms with Gasteiger partial charge in [0.15, 0.2) is 5.65 Å². The van der Waals surface area contributed by atoms with Gasteiger partial charge < -0.3 is 15.0 Å². The number of piperidine rings is 1. The number of nitrogens with zero attached hydrogens (tertiary/aromatic N) is 6. The van der Waals surface area contributed by atoms with Crippen molar-refractivity contribution in [1.29, 1.82) is 0 Å². The van der Waals surface area contributed by atoms with E-state index in [1.54, 1.807) is 6.07 Å². The van der Waals surface area contributed by atoms with Crippen LogP contribution in [0.3, 0.4) is 0 Å². The van der Waals surface area contributed by atoms with Crippen LogP contribution in [0.25, 0.3) is 5.65 Å². The number of ether oxygens (including phenoxy) is 1. The minimum atomic E-state index is -4.60. The van der Waals surface area contributed by atoms with Crippen LogP contribution in [0.1, 0.15) is 30.1 Å². The first-order valence-corrected chi connectivity index (χ1v) is 11.7. The van der Waals surface area contributed by atoms with Crippen LogP contribution in [-0.2, 0) is 6.18 Å². The Bertz CT molecular complexity index is 1090. The van der Waals surface area contributed by atoms with E-state index in [1.807, 2.05) is 17.0 Å². The zero-order valence-electron chi connectivity index (χ0n) is 18.8. The van der Waals surface area contributed by atoms with Gasteiger partial charge in [0, 0.05) is 45.8 Å². The second-order valence-electron chi connectivity index (χ2n) is 8.75. The highest BCUT2D eigenvalue weighted by atomic mass is 19.4. The molecule has 0 aliphatic carbocycles. The Morgan fingerprint density at radius 2 is 1.68 bits per heavy atom. The molecule has 0 amide bonds. The molecule has 2 saturated heterocycles. The fourth-order valence-electron chi connectivity index (χ4n) is 4.63. The fraction of sp³-hybridized carbons (Fsp3) is 0.522. The molecule has 3 aromatic rings. The number of fused-ring (bicyclic) bond motifs is 1. The summed E-state index contributed by atoms with van der Waals surface area (Å²) in [4.78, 5) is 4.42. The molecule has 8 nitrogen and oxygen atoms in total. The molecule has 2 aliphatic rings. The summed E-state index contributed by atoms with van der Waals surface area (Å²) in [5, 5.41) is 14.3. The fourth-order valence-corrected chi connectivity index (χ4v) is 4.63. The summed E-state index contributed by atoms with van der Waals surface area (Å²) in [5.74, 6) is 0.678. The molecule has 11 heteroatoms. The van der Waals surface area contributed by atoms with E-state index in [9.17, 15) is 13.2 Å². The van der Waals surface area contributed by atoms with Crippen molar-refractivity contribution in [2.45, 2.75) is 24.9 Å². The molecule has 2 aromatic heterocycles. The Labute approximate surface area is 195 Å². The van der Waals surface area contributed by atoms with Crippen LogP contribution < -0.4 is 15.0 Å². The minimum absolute atomic E-state index is 0.0845. The summed E-state index contributed by atoms with van der Waals surface area (Å²) in [6.07, 6.45) is -2.80. The first kappa shape index (κ1) is 22.9. The van der Waals surface area contributed by atoms with Gasteiger partial charge in [-0.1, -0.05) is 12.1 Å². The summed E-state index contributed by atoms with van der Waals surface area (Å²) >= 11 is 0. The lowest BCUT2D eigenvalue weighted by molar-refractivity contribution is -0.146. The molecule has 2 fully saturated rings. The number of aromatic nitrogens is 4. The standard InChI is InChI=1S/C23H28F3N7O/c24-23(25,26)22-29-28-20-5-6-21(30-33(20)22)32-11-7-18(8-12-32)17-1-3-19(4-2-17)34-16-15-31-13-9-27-10-14-31/h1-6,18,27H,7-16H2. The number of nitrogens with one attached hydrogen (secondary N) is 1. The largest absolute Gasteiger partial charge is 0.492 e. The number of hydrogen-bond donors (Lipinski definition) is 1. The quantitative estimate of drug-likeness (QED) is 0.588. The van der Waals surface area contributed by atoms with Crippen LogP contribution in [0.2, 0.25) is 0 Å². The number of piperazine rings is 1. The molecule has 1 aromatic carbocycles. The average Bonchev–Trinajstić information content (AvgIpc) is 3.29. The molecule has 5 rings (SSSR count). The second kappa shape index (κ2) is 9.75. The number of benzene rings is 1. The van der Waals surface area contributed by atoms with E-state index in [0.717, 1.165) is 68.9 Å². The van der Waals surface area contributed by atoms with E-state index < -0.39 is 12.0 Å². The maximum atomic E-state index is 13.2. The van der Waals surface area contributed by atoms with Gasteiger partial charge in [0.25, 0.3) is 5.82 Å². The predicted molar refractivity (Wildman–Crippen MR) is 121 cm³/mol. The van der Waals surface area contributed by atoms with Crippen molar-refractivity contribution < 1.29 is 17.9 Å². The van der Waals surface area contributed by atoms with E-state index >= 15 is 0 Å². The number of anilines is 1. The summed E-state index contributed by atoms with van der Waals surface area (Å²) in [7, 11) is 0. The normalized spacial score (nSPS) is 18.5. The van der Waals surface area contributed by atoms with Crippen molar-refractivity contribution >= 4 is 11.5 Å². The first-order valence-electron chi connectivity index (χ1n) is 11.7. The third-order valence-corrected chi connectivity index (χ3v) is 6.56. The Balaban J connectivity index is 1.15. The van der Waals surface area contributed by atoms with E-state index in [2.05, 4.69) is 37.6 Å². The summed E-state index contributed by atoms with van der Waals surface area (Å²) < 4.78 is 46.2. The highest BCUT2D eigenvalue weighted by molar-refractivity contribution is 5.46. The van der Waals surface area contributed by atoms with Gasteiger partial charge in [0.2, 0.25) is 0 Å². The molecule has 182 valence electrons. The predicted octanol–water partition coefficient (Wildman–Crippen LogP) is 2.81. The van der Waals surface area contributed by atoms with Crippen molar-refractivity contribution in [3.63, 3.8) is 0 Å². The van der Waals surface area contributed by atoms with Gasteiger partial charge in [0.05, 0.1) is 0 Å². The van der Waals surface area contributed by atoms with Crippen LogP contribution >= 0.6 is 0 Å². The summed E-state index contributed by atoms with van der Waals surface area (Å²) in [6, 6.07) is 11.5. The molecule has 0 bridgehead atoms. The monoisotopic (exact) mass is 475 g/mol. The third kappa shape index (κ3) is 5.10. The average molecular weight is 476 g/mol. The zero-order valence-corrected chi connectivity index (χ0v) is 18.8. The number of rotatable bonds is 6. The smallest absolute Gasteiger partial charge is 0.453 e. The third-order valence-electron chi connectivity index (χ3n) is 6.56. The summed E-state index contributed by atoms with van der Waals surface area (Å²) in [5.41, 5.74) is 1.34. The Hall–Kier alpha value is -2.92. The second-order valence-corrected chi connectivity index (χ2v) is 8.75. The molecule has 4 heterocycles. The molecule has 0 atom stereocenters. The SMILES string of the molecule is FC(F)(F)c1nnc2ccc(N3CCC(c4ccc(OCCN5CCNCC5)cc4)CC3)nn12. The molecule has 2 aliphatic heterocycles. The molecular formula is C23H28F3N7O. The highest BCUT2D eigenvalue weighted by Crippen LogP contribution is 2.32. The molecule has 0 radical (unpaired) electrons. The van der Waals surface area contributed by atoms with Crippen molar-refractivity contribution in [2.75, 3.05) is 57.3 Å². The lowest BCUT2D eigenvalue weighted by atomic mass is 9.89. The van der Waals surface area contributed by atoms with Gasteiger partial charge in [0.1, 0.15) is 18.2 Å². The zero-order chi connectivity index (χ0) is 23.5. The maximum absolute atomic E-state index is 13.2. The van der Waals surface area contributed by atoms with E-state index in [-0.39, 0.29) is 5.65 Å². The molecular weight excluding hydrogens is 447 g/mol. The Morgan fingerprint density at radius 1 is 0.941 bits per heavy atom. The Morgan fingerprint density at radius 3 is 2.38 bits per heavy atom. The van der Waals surface area contributed by atoms with Crippen molar-refractivity contribution in [2.24, 2.45) is 0 Å².